The smallest absolute Gasteiger partial charge is 0.265 e. The van der Waals surface area contributed by atoms with Crippen LogP contribution in [0.25, 0.3) is 0 Å². The first-order valence-corrected chi connectivity index (χ1v) is 47.7. The lowest BCUT2D eigenvalue weighted by Gasteiger charge is -2.23. The van der Waals surface area contributed by atoms with Crippen molar-refractivity contribution in [2.24, 2.45) is 0 Å². The maximum atomic E-state index is 13.4. The largest absolute Gasteiger partial charge is 0.484 e. The number of halogens is 4. The number of aromatic nitrogens is 4. The molecule has 24 heteroatoms. The zero-order valence-electron chi connectivity index (χ0n) is 77.6. The molecular formula is C116H100Cl4N8O12. The number of nitrogens with zero attached hydrogens (tertiary/aromatic N) is 8. The van der Waals surface area contributed by atoms with Crippen LogP contribution in [0.15, 0.2) is 340 Å². The molecule has 0 bridgehead atoms. The van der Waals surface area contributed by atoms with Crippen LogP contribution in [0.2, 0.25) is 20.1 Å². The minimum Gasteiger partial charge on any atom is -0.484 e. The fourth-order valence-corrected chi connectivity index (χ4v) is 18.4. The lowest BCUT2D eigenvalue weighted by atomic mass is 10.1. The molecule has 0 N–H and O–H groups in total. The van der Waals surface area contributed by atoms with Gasteiger partial charge in [-0.15, -0.1) is 0 Å². The van der Waals surface area contributed by atoms with Crippen molar-refractivity contribution >= 4 is 116 Å². The molecule has 4 amide bonds. The van der Waals surface area contributed by atoms with Crippen molar-refractivity contribution in [1.29, 1.82) is 0 Å². The summed E-state index contributed by atoms with van der Waals surface area (Å²) in [5.41, 5.74) is 21.0. The SMILES string of the molecule is Cc1cc(Cl)ccc1OCC(=O)N1Cc2ccc(C(=O)CCc3ccccc3)n2Cc2ccccc21.Cc1ccc(C(=O)c2ccc3n2Cc2ccccc2N(C(=O)COc2ccc(Cl)cc2)C3)cc1.Cc1ccc(C(=O)c2ccc3n2Cc2ccccc2N(C(=O)COc2ccc(Cl)cc2C)C3)cc1.O=C(CCc1ccccc1)c1ccc2n1Cc1ccccc1N(C(=O)COc1ccc(Cl)cc1)C2. The highest BCUT2D eigenvalue weighted by Crippen LogP contribution is 2.38. The summed E-state index contributed by atoms with van der Waals surface area (Å²) >= 11 is 23.9. The van der Waals surface area contributed by atoms with E-state index in [0.717, 1.165) is 101 Å². The van der Waals surface area contributed by atoms with E-state index in [-0.39, 0.29) is 73.2 Å². The molecule has 8 heterocycles. The number of amides is 4. The van der Waals surface area contributed by atoms with Gasteiger partial charge in [0.1, 0.15) is 23.0 Å². The molecule has 20 nitrogen and oxygen atoms in total. The number of fused-ring (bicyclic) bond motifs is 8. The molecule has 12 aromatic carbocycles. The van der Waals surface area contributed by atoms with Crippen molar-refractivity contribution in [2.75, 3.05) is 46.0 Å². The quantitative estimate of drug-likeness (QED) is 0.0518. The van der Waals surface area contributed by atoms with Gasteiger partial charge >= 0.3 is 0 Å². The summed E-state index contributed by atoms with van der Waals surface area (Å²) in [6.07, 6.45) is 2.27. The van der Waals surface area contributed by atoms with Gasteiger partial charge in [0.05, 0.1) is 75.1 Å². The van der Waals surface area contributed by atoms with E-state index < -0.39 is 0 Å². The topological polar surface area (TPSA) is 206 Å². The zero-order valence-corrected chi connectivity index (χ0v) is 80.7. The molecule has 704 valence electrons. The Morgan fingerprint density at radius 2 is 0.536 bits per heavy atom. The van der Waals surface area contributed by atoms with Crippen molar-refractivity contribution < 1.29 is 57.3 Å². The zero-order chi connectivity index (χ0) is 97.5. The maximum absolute atomic E-state index is 13.4. The number of hydrogen-bond acceptors (Lipinski definition) is 12. The number of aryl methyl sites for hydroxylation is 6. The molecule has 0 aliphatic carbocycles. The molecule has 0 spiro atoms. The molecule has 16 aromatic rings. The number of Topliss-reactive ketones (excluding diaryl/α,β-unsaturated/α-hetero) is 2. The van der Waals surface area contributed by atoms with E-state index in [4.69, 9.17) is 65.4 Å². The first-order chi connectivity index (χ1) is 68.0. The van der Waals surface area contributed by atoms with Gasteiger partial charge in [-0.3, -0.25) is 38.4 Å². The van der Waals surface area contributed by atoms with Crippen LogP contribution in [0.4, 0.5) is 22.7 Å². The highest BCUT2D eigenvalue weighted by molar-refractivity contribution is 6.31. The Bertz CT molecular complexity index is 7250. The average molecular weight is 1940 g/mol. The van der Waals surface area contributed by atoms with Crippen molar-refractivity contribution in [1.82, 2.24) is 18.3 Å². The fraction of sp³-hybridized carbons (Fsp3) is 0.172. The van der Waals surface area contributed by atoms with E-state index in [0.29, 0.717) is 155 Å². The summed E-state index contributed by atoms with van der Waals surface area (Å²) < 4.78 is 31.3. The summed E-state index contributed by atoms with van der Waals surface area (Å²) in [4.78, 5) is 113. The number of hydrogen-bond donors (Lipinski definition) is 0. The van der Waals surface area contributed by atoms with Gasteiger partial charge < -0.3 is 56.8 Å². The molecule has 4 aromatic heterocycles. The van der Waals surface area contributed by atoms with Crippen molar-refractivity contribution in [3.63, 3.8) is 0 Å². The molecule has 0 saturated carbocycles. The molecule has 0 fully saturated rings. The molecule has 20 rings (SSSR count). The molecule has 4 aliphatic rings. The van der Waals surface area contributed by atoms with Crippen LogP contribution >= 0.6 is 46.4 Å². The predicted molar refractivity (Wildman–Crippen MR) is 549 cm³/mol. The van der Waals surface area contributed by atoms with Crippen molar-refractivity contribution in [3.05, 3.63) is 472 Å². The number of para-hydroxylation sites is 4. The van der Waals surface area contributed by atoms with Crippen LogP contribution in [0.5, 0.6) is 23.0 Å². The van der Waals surface area contributed by atoms with E-state index in [1.54, 1.807) is 92.4 Å². The van der Waals surface area contributed by atoms with Gasteiger partial charge in [-0.05, 0) is 243 Å². The fourth-order valence-electron chi connectivity index (χ4n) is 17.7. The van der Waals surface area contributed by atoms with Gasteiger partial charge in [-0.2, -0.15) is 0 Å². The van der Waals surface area contributed by atoms with Crippen LogP contribution in [0, 0.1) is 27.7 Å². The highest BCUT2D eigenvalue weighted by atomic mass is 35.5. The number of rotatable bonds is 24. The molecule has 0 saturated heterocycles. The van der Waals surface area contributed by atoms with Gasteiger partial charge in [0.15, 0.2) is 38.0 Å². The lowest BCUT2D eigenvalue weighted by Crippen LogP contribution is -2.34. The summed E-state index contributed by atoms with van der Waals surface area (Å²) in [6.45, 7) is 10.9. The average Bonchev–Trinajstić information content (AvgIpc) is 1.63. The molecule has 0 atom stereocenters. The van der Waals surface area contributed by atoms with E-state index in [1.165, 1.54) is 0 Å². The third-order valence-electron chi connectivity index (χ3n) is 25.2. The van der Waals surface area contributed by atoms with Crippen LogP contribution in [-0.2, 0) is 84.4 Å². The van der Waals surface area contributed by atoms with E-state index in [9.17, 15) is 38.4 Å². The standard InChI is InChI=1S/C30H27ClN2O3.2C29H25ClN2O3.C28H23ClN2O3/c1-21-17-24(31)12-16-29(21)36-20-30(35)33-19-25-13-14-27(28(34)15-11-22-7-3-2-4-8-22)32(25)18-23-9-5-6-10-26(23)33;1-19-7-9-21(10-8-19)29(34)26-13-12-24-17-32(25-6-4-3-5-22(25)16-31(24)26)28(33)18-35-27-14-11-23(30)15-20(27)2;30-23-11-14-25(15-12-23)35-20-29(34)32-19-24-13-16-27(28(33)17-10-21-6-2-1-3-7-21)31(24)18-22-8-4-5-9-26(22)32;1-19-6-8-20(9-7-19)28(33)26-15-12-23-17-31(25-5-3-2-4-21(25)16-30(23)26)27(32)18-34-24-13-10-22(29)11-14-24/h2-10,12-14,16-17H,11,15,18-20H2,1H3;3-15H,16-18H2,1-2H3;1-9,11-16H,10,17-20H2;2-15H,16-18H2,1H3. The Morgan fingerprint density at radius 1 is 0.264 bits per heavy atom. The number of ether oxygens (including phenoxy) is 4. The Labute approximate surface area is 832 Å². The van der Waals surface area contributed by atoms with Gasteiger partial charge in [-0.25, -0.2) is 0 Å². The molecule has 0 unspecified atom stereocenters. The van der Waals surface area contributed by atoms with Crippen LogP contribution < -0.4 is 38.5 Å². The summed E-state index contributed by atoms with van der Waals surface area (Å²) in [7, 11) is 0. The molecule has 4 aliphatic heterocycles. The van der Waals surface area contributed by atoms with E-state index in [1.807, 2.05) is 313 Å². The highest BCUT2D eigenvalue weighted by Gasteiger charge is 2.34. The second-order valence-corrected chi connectivity index (χ2v) is 36.5. The van der Waals surface area contributed by atoms with Gasteiger partial charge in [0.25, 0.3) is 23.6 Å². The van der Waals surface area contributed by atoms with Crippen LogP contribution in [0.1, 0.15) is 144 Å². The predicted octanol–water partition coefficient (Wildman–Crippen LogP) is 23.8. The number of ketones is 4. The number of carbonyl (C=O) groups is 8. The Balaban J connectivity index is 0.000000129. The Kier molecular flexibility index (Phi) is 30.6. The van der Waals surface area contributed by atoms with Gasteiger partial charge in [-0.1, -0.05) is 240 Å². The number of anilines is 4. The number of benzene rings is 12. The van der Waals surface area contributed by atoms with Crippen molar-refractivity contribution in [3.8, 4) is 23.0 Å². The molecular weight excluding hydrogens is 1840 g/mol. The first-order valence-electron chi connectivity index (χ1n) is 46.2. The first kappa shape index (κ1) is 96.4. The molecule has 0 radical (unpaired) electrons. The summed E-state index contributed by atoms with van der Waals surface area (Å²) in [5, 5.41) is 2.47. The minimum absolute atomic E-state index is 0.0324. The maximum Gasteiger partial charge on any atom is 0.265 e. The summed E-state index contributed by atoms with van der Waals surface area (Å²) in [5.74, 6) is 1.93. The Morgan fingerprint density at radius 3 is 0.843 bits per heavy atom. The molecule has 140 heavy (non-hydrogen) atoms. The second-order valence-electron chi connectivity index (χ2n) is 34.7. The van der Waals surface area contributed by atoms with Gasteiger partial charge in [0, 0.05) is 89.6 Å². The van der Waals surface area contributed by atoms with Crippen LogP contribution in [0.3, 0.4) is 0 Å². The number of carbonyl (C=O) groups excluding carboxylic acids is 8. The summed E-state index contributed by atoms with van der Waals surface area (Å²) in [6, 6.07) is 106. The van der Waals surface area contributed by atoms with E-state index in [2.05, 4.69) is 0 Å². The monoisotopic (exact) mass is 1940 g/mol. The van der Waals surface area contributed by atoms with Gasteiger partial charge in [0.2, 0.25) is 11.6 Å². The third kappa shape index (κ3) is 23.1. The second kappa shape index (κ2) is 44.4. The lowest BCUT2D eigenvalue weighted by molar-refractivity contribution is -0.121. The van der Waals surface area contributed by atoms with E-state index >= 15 is 0 Å². The normalized spacial score (nSPS) is 12.5. The van der Waals surface area contributed by atoms with Crippen LogP contribution in [-0.4, -0.2) is 91.5 Å². The van der Waals surface area contributed by atoms with Crippen molar-refractivity contribution in [2.45, 2.75) is 106 Å². The Hall–Kier alpha value is -15.3. The minimum atomic E-state index is -0.163. The third-order valence-corrected chi connectivity index (χ3v) is 26.1.